The summed E-state index contributed by atoms with van der Waals surface area (Å²) in [5.74, 6) is 0. The van der Waals surface area contributed by atoms with Crippen molar-refractivity contribution in [2.24, 2.45) is 0 Å². The molecule has 0 aliphatic rings. The van der Waals surface area contributed by atoms with Crippen molar-refractivity contribution in [1.82, 2.24) is 24.9 Å². The fourth-order valence-electron chi connectivity index (χ4n) is 8.00. The van der Waals surface area contributed by atoms with Crippen molar-refractivity contribution in [3.05, 3.63) is 188 Å². The zero-order valence-corrected chi connectivity index (χ0v) is 30.1. The van der Waals surface area contributed by atoms with E-state index in [1.54, 1.807) is 0 Å². The maximum absolute atomic E-state index is 5.58. The molecule has 0 saturated heterocycles. The van der Waals surface area contributed by atoms with E-state index in [2.05, 4.69) is 169 Å². The van der Waals surface area contributed by atoms with Gasteiger partial charge in [-0.1, -0.05) is 158 Å². The molecule has 0 fully saturated rings. The number of para-hydroxylation sites is 1. The molecule has 4 heterocycles. The maximum Gasteiger partial charge on any atom is 0.0995 e. The van der Waals surface area contributed by atoms with E-state index in [-0.39, 0.29) is 0 Å². The van der Waals surface area contributed by atoms with Crippen LogP contribution in [0.2, 0.25) is 0 Å². The molecule has 0 amide bonds. The van der Waals surface area contributed by atoms with Gasteiger partial charge >= 0.3 is 0 Å². The summed E-state index contributed by atoms with van der Waals surface area (Å²) in [5.41, 5.74) is 14.0. The number of pyridine rings is 3. The van der Waals surface area contributed by atoms with Gasteiger partial charge in [0.2, 0.25) is 0 Å². The van der Waals surface area contributed by atoms with Crippen LogP contribution in [0.25, 0.3) is 111 Å². The Morgan fingerprint density at radius 1 is 0.321 bits per heavy atom. The molecule has 260 valence electrons. The maximum atomic E-state index is 5.58. The Kier molecular flexibility index (Phi) is 7.42. The van der Waals surface area contributed by atoms with E-state index < -0.39 is 0 Å². The summed E-state index contributed by atoms with van der Waals surface area (Å²) in [7, 11) is 0. The summed E-state index contributed by atoms with van der Waals surface area (Å²) < 4.78 is 0. The summed E-state index contributed by atoms with van der Waals surface area (Å²) >= 11 is 0. The Morgan fingerprint density at radius 2 is 0.893 bits per heavy atom. The largest absolute Gasteiger partial charge is 0.254 e. The lowest BCUT2D eigenvalue weighted by Crippen LogP contribution is -2.00. The third-order valence-corrected chi connectivity index (χ3v) is 10.7. The summed E-state index contributed by atoms with van der Waals surface area (Å²) in [6, 6.07) is 63.0. The molecule has 4 aromatic heterocycles. The predicted molar refractivity (Wildman–Crippen MR) is 230 cm³/mol. The van der Waals surface area contributed by atoms with Gasteiger partial charge in [-0.25, -0.2) is 19.9 Å². The van der Waals surface area contributed by atoms with Crippen LogP contribution < -0.4 is 0 Å². The van der Waals surface area contributed by atoms with Crippen LogP contribution in [0.3, 0.4) is 0 Å². The number of aromatic nitrogens is 5. The molecule has 0 N–H and O–H groups in total. The number of nitrogens with zero attached hydrogens (tertiary/aromatic N) is 5. The number of rotatable bonds is 5. The van der Waals surface area contributed by atoms with Gasteiger partial charge in [-0.2, -0.15) is 0 Å². The highest BCUT2D eigenvalue weighted by Gasteiger charge is 2.22. The van der Waals surface area contributed by atoms with Gasteiger partial charge in [0.15, 0.2) is 0 Å². The molecule has 0 bridgehead atoms. The number of fused-ring (bicyclic) bond motifs is 8. The lowest BCUT2D eigenvalue weighted by Gasteiger charge is -2.18. The first-order valence-electron chi connectivity index (χ1n) is 18.8. The van der Waals surface area contributed by atoms with Crippen molar-refractivity contribution in [3.8, 4) is 56.2 Å². The van der Waals surface area contributed by atoms with Gasteiger partial charge in [-0.15, -0.1) is 0 Å². The molecular formula is C51H31N5. The molecule has 11 aromatic rings. The zero-order chi connectivity index (χ0) is 37.0. The molecule has 7 aromatic carbocycles. The summed E-state index contributed by atoms with van der Waals surface area (Å²) in [4.78, 5) is 26.3. The van der Waals surface area contributed by atoms with Crippen LogP contribution in [0, 0.1) is 0 Å². The van der Waals surface area contributed by atoms with Crippen molar-refractivity contribution in [2.45, 2.75) is 0 Å². The van der Waals surface area contributed by atoms with Crippen LogP contribution in [0.5, 0.6) is 0 Å². The quantitative estimate of drug-likeness (QED) is 0.166. The van der Waals surface area contributed by atoms with Gasteiger partial charge in [-0.3, -0.25) is 4.98 Å². The van der Waals surface area contributed by atoms with E-state index in [0.29, 0.717) is 0 Å². The van der Waals surface area contributed by atoms with Gasteiger partial charge in [0.25, 0.3) is 0 Å². The van der Waals surface area contributed by atoms with Crippen LogP contribution in [0.1, 0.15) is 0 Å². The smallest absolute Gasteiger partial charge is 0.0995 e. The normalized spacial score (nSPS) is 11.6. The molecule has 5 heteroatoms. The minimum atomic E-state index is 0.811. The first-order chi connectivity index (χ1) is 27.8. The van der Waals surface area contributed by atoms with E-state index in [1.807, 2.05) is 24.4 Å². The number of hydrogen-bond donors (Lipinski definition) is 0. The molecule has 0 aliphatic carbocycles. The van der Waals surface area contributed by atoms with E-state index in [0.717, 1.165) is 111 Å². The van der Waals surface area contributed by atoms with Crippen molar-refractivity contribution < 1.29 is 0 Å². The van der Waals surface area contributed by atoms with Crippen LogP contribution in [-0.4, -0.2) is 24.9 Å². The second-order valence-electron chi connectivity index (χ2n) is 14.0. The Hall–Kier alpha value is -7.63. The lowest BCUT2D eigenvalue weighted by atomic mass is 9.91. The molecule has 0 atom stereocenters. The monoisotopic (exact) mass is 713 g/mol. The molecule has 0 saturated carbocycles. The van der Waals surface area contributed by atoms with Crippen molar-refractivity contribution >= 4 is 54.5 Å². The van der Waals surface area contributed by atoms with Gasteiger partial charge in [-0.05, 0) is 35.4 Å². The van der Waals surface area contributed by atoms with Gasteiger partial charge in [0.1, 0.15) is 0 Å². The van der Waals surface area contributed by atoms with E-state index >= 15 is 0 Å². The topological polar surface area (TPSA) is 64.5 Å². The first kappa shape index (κ1) is 31.9. The lowest BCUT2D eigenvalue weighted by molar-refractivity contribution is 1.30. The first-order valence-corrected chi connectivity index (χ1v) is 18.8. The van der Waals surface area contributed by atoms with Crippen LogP contribution >= 0.6 is 0 Å². The van der Waals surface area contributed by atoms with Gasteiger partial charge in [0, 0.05) is 55.4 Å². The minimum absolute atomic E-state index is 0.811. The summed E-state index contributed by atoms with van der Waals surface area (Å²) in [6.45, 7) is 0. The zero-order valence-electron chi connectivity index (χ0n) is 30.1. The fourth-order valence-corrected chi connectivity index (χ4v) is 8.00. The third-order valence-electron chi connectivity index (χ3n) is 10.7. The highest BCUT2D eigenvalue weighted by Crippen LogP contribution is 2.44. The Bertz CT molecular complexity index is 3270. The third kappa shape index (κ3) is 5.29. The number of hydrogen-bond acceptors (Lipinski definition) is 5. The Morgan fingerprint density at radius 3 is 1.62 bits per heavy atom. The van der Waals surface area contributed by atoms with E-state index in [4.69, 9.17) is 19.9 Å². The Labute approximate surface area is 322 Å². The Balaban J connectivity index is 1.20. The molecule has 11 rings (SSSR count). The number of benzene rings is 7. The van der Waals surface area contributed by atoms with E-state index in [9.17, 15) is 0 Å². The minimum Gasteiger partial charge on any atom is -0.254 e. The highest BCUT2D eigenvalue weighted by atomic mass is 14.8. The highest BCUT2D eigenvalue weighted by molar-refractivity contribution is 6.25. The van der Waals surface area contributed by atoms with Gasteiger partial charge < -0.3 is 0 Å². The average molecular weight is 714 g/mol. The summed E-state index contributed by atoms with van der Waals surface area (Å²) in [5, 5.41) is 5.28. The van der Waals surface area contributed by atoms with Crippen LogP contribution in [0.15, 0.2) is 188 Å². The fraction of sp³-hybridized carbons (Fsp3) is 0. The van der Waals surface area contributed by atoms with Crippen LogP contribution in [0.4, 0.5) is 0 Å². The van der Waals surface area contributed by atoms with Crippen molar-refractivity contribution in [3.63, 3.8) is 0 Å². The molecule has 0 radical (unpaired) electrons. The van der Waals surface area contributed by atoms with E-state index in [1.165, 1.54) is 0 Å². The second kappa shape index (κ2) is 13.0. The summed E-state index contributed by atoms with van der Waals surface area (Å²) in [6.07, 6.45) is 1.83. The standard InChI is InChI=1S/C51H31N5/c1-4-13-32(14-5-1)40-31-43-51(56-50(35-17-8-3-9-18-35)49(55-43)34-15-6-2-7-16-34)45-44(40)39-20-10-11-21-42(39)54-46(45)37-24-22-33(23-25-37)41-29-28-38-27-26-36-19-12-30-52-47(36)48(38)53-41/h1-31H. The van der Waals surface area contributed by atoms with Crippen LogP contribution in [-0.2, 0) is 0 Å². The molecule has 0 spiro atoms. The van der Waals surface area contributed by atoms with Gasteiger partial charge in [0.05, 0.1) is 50.4 Å². The second-order valence-corrected chi connectivity index (χ2v) is 14.0. The molecule has 5 nitrogen and oxygen atoms in total. The molecule has 0 aliphatic heterocycles. The molecular weight excluding hydrogens is 683 g/mol. The predicted octanol–water partition coefficient (Wildman–Crippen LogP) is 12.8. The molecule has 0 unspecified atom stereocenters. The van der Waals surface area contributed by atoms with Crippen molar-refractivity contribution in [2.75, 3.05) is 0 Å². The average Bonchev–Trinajstić information content (AvgIpc) is 3.28. The SMILES string of the molecule is c1ccc(-c2nc3cc(-c4ccccc4)c4c5ccccc5nc(-c5ccc(-c6ccc7ccc8cccnc8c7n6)cc5)c4c3nc2-c2ccccc2)cc1. The van der Waals surface area contributed by atoms with Crippen molar-refractivity contribution in [1.29, 1.82) is 0 Å². The molecule has 56 heavy (non-hydrogen) atoms.